The number of hydrogen-bond donors (Lipinski definition) is 1. The molecule has 0 amide bonds. The maximum absolute atomic E-state index is 13.6. The molecular formula is C20H13F3N6OS. The second-order valence-electron chi connectivity index (χ2n) is 6.68. The summed E-state index contributed by atoms with van der Waals surface area (Å²) in [4.78, 5) is 8.26. The minimum atomic E-state index is -4.54. The average molecular weight is 442 g/mol. The predicted octanol–water partition coefficient (Wildman–Crippen LogP) is 5.22. The third kappa shape index (κ3) is 3.96. The van der Waals surface area contributed by atoms with Gasteiger partial charge in [-0.1, -0.05) is 17.8 Å². The fourth-order valence-corrected chi connectivity index (χ4v) is 3.87. The van der Waals surface area contributed by atoms with E-state index in [1.54, 1.807) is 36.5 Å². The molecule has 31 heavy (non-hydrogen) atoms. The zero-order valence-corrected chi connectivity index (χ0v) is 16.5. The van der Waals surface area contributed by atoms with Crippen molar-refractivity contribution in [1.82, 2.24) is 20.2 Å². The number of hydrogen-bond acceptors (Lipinski definition) is 7. The van der Waals surface area contributed by atoms with Gasteiger partial charge in [0.05, 0.1) is 16.8 Å². The number of furan rings is 1. The van der Waals surface area contributed by atoms with Crippen molar-refractivity contribution < 1.29 is 17.6 Å². The Kier molecular flexibility index (Phi) is 4.81. The largest absolute Gasteiger partial charge is 0.453 e. The summed E-state index contributed by atoms with van der Waals surface area (Å²) in [5, 5.41) is 15.6. The van der Waals surface area contributed by atoms with Crippen LogP contribution >= 0.6 is 11.8 Å². The minimum absolute atomic E-state index is 0.0975. The minimum Gasteiger partial charge on any atom is -0.453 e. The van der Waals surface area contributed by atoms with E-state index in [4.69, 9.17) is 4.42 Å². The number of aromatic nitrogens is 4. The van der Waals surface area contributed by atoms with Gasteiger partial charge in [-0.2, -0.15) is 28.4 Å². The van der Waals surface area contributed by atoms with Gasteiger partial charge in [0.15, 0.2) is 11.6 Å². The molecule has 0 bridgehead atoms. The molecule has 0 spiro atoms. The fourth-order valence-electron chi connectivity index (χ4n) is 3.14. The Hall–Kier alpha value is -3.47. The van der Waals surface area contributed by atoms with Gasteiger partial charge in [0.1, 0.15) is 5.76 Å². The van der Waals surface area contributed by atoms with Crippen LogP contribution in [0.3, 0.4) is 0 Å². The Balaban J connectivity index is 1.43. The number of pyridine rings is 1. The predicted molar refractivity (Wildman–Crippen MR) is 111 cm³/mol. The Morgan fingerprint density at radius 1 is 1.13 bits per heavy atom. The molecule has 3 aromatic heterocycles. The maximum atomic E-state index is 13.6. The third-order valence-corrected chi connectivity index (χ3v) is 5.49. The summed E-state index contributed by atoms with van der Waals surface area (Å²) in [6, 6.07) is 9.09. The molecule has 1 aliphatic rings. The topological polar surface area (TPSA) is 92.3 Å². The van der Waals surface area contributed by atoms with Crippen LogP contribution in [0.25, 0.3) is 33.8 Å². The number of halogens is 3. The molecule has 1 aromatic carbocycles. The van der Waals surface area contributed by atoms with Crippen LogP contribution in [0.15, 0.2) is 62.4 Å². The van der Waals surface area contributed by atoms with Crippen LogP contribution in [0.1, 0.15) is 12.0 Å². The standard InChI is InChI=1S/C20H13F3N6OS/c21-20(22,23)14-9-12(8-11-2-1-6-24-17(11)14)15-3-4-16(30-15)18-26-19(29-28-18)31-10-13-5-7-25-27-13/h1-4,6-9H,5,10H2,(H,26,28,29). The smallest absolute Gasteiger partial charge is 0.418 e. The van der Waals surface area contributed by atoms with E-state index >= 15 is 0 Å². The van der Waals surface area contributed by atoms with Gasteiger partial charge in [-0.15, -0.1) is 5.10 Å². The van der Waals surface area contributed by atoms with Crippen LogP contribution in [0.2, 0.25) is 0 Å². The number of benzene rings is 1. The molecule has 156 valence electrons. The first-order valence-corrected chi connectivity index (χ1v) is 10.1. The molecule has 0 aliphatic carbocycles. The van der Waals surface area contributed by atoms with Crippen molar-refractivity contribution in [2.24, 2.45) is 10.2 Å². The summed E-state index contributed by atoms with van der Waals surface area (Å²) < 4.78 is 46.5. The summed E-state index contributed by atoms with van der Waals surface area (Å²) in [5.41, 5.74) is 0.325. The summed E-state index contributed by atoms with van der Waals surface area (Å²) in [6.45, 7) is 0. The van der Waals surface area contributed by atoms with Gasteiger partial charge in [0.2, 0.25) is 5.16 Å². The van der Waals surface area contributed by atoms with Gasteiger partial charge < -0.3 is 4.42 Å². The van der Waals surface area contributed by atoms with E-state index in [1.807, 2.05) is 0 Å². The molecule has 5 rings (SSSR count). The molecular weight excluding hydrogens is 429 g/mol. The average Bonchev–Trinajstić information content (AvgIpc) is 3.52. The van der Waals surface area contributed by atoms with Crippen LogP contribution in [0.5, 0.6) is 0 Å². The first kappa shape index (κ1) is 19.5. The maximum Gasteiger partial charge on any atom is 0.418 e. The van der Waals surface area contributed by atoms with Gasteiger partial charge in [0.25, 0.3) is 0 Å². The number of nitrogens with one attached hydrogen (secondary N) is 1. The van der Waals surface area contributed by atoms with Crippen molar-refractivity contribution in [3.05, 3.63) is 48.2 Å². The molecule has 1 N–H and O–H groups in total. The zero-order valence-electron chi connectivity index (χ0n) is 15.7. The summed E-state index contributed by atoms with van der Waals surface area (Å²) >= 11 is 1.40. The molecule has 0 radical (unpaired) electrons. The van der Waals surface area contributed by atoms with Crippen molar-refractivity contribution in [1.29, 1.82) is 0 Å². The van der Waals surface area contributed by atoms with Crippen LogP contribution in [-0.2, 0) is 6.18 Å². The lowest BCUT2D eigenvalue weighted by atomic mass is 10.0. The number of alkyl halides is 3. The molecule has 11 heteroatoms. The highest BCUT2D eigenvalue weighted by atomic mass is 32.2. The quantitative estimate of drug-likeness (QED) is 0.428. The van der Waals surface area contributed by atoms with Crippen LogP contribution < -0.4 is 0 Å². The van der Waals surface area contributed by atoms with Crippen molar-refractivity contribution in [2.75, 3.05) is 5.75 Å². The van der Waals surface area contributed by atoms with E-state index in [1.165, 1.54) is 18.0 Å². The Bertz CT molecular complexity index is 1320. The highest BCUT2D eigenvalue weighted by Crippen LogP contribution is 2.38. The Morgan fingerprint density at radius 3 is 2.81 bits per heavy atom. The van der Waals surface area contributed by atoms with Crippen LogP contribution in [0, 0.1) is 0 Å². The number of rotatable bonds is 5. The van der Waals surface area contributed by atoms with Crippen molar-refractivity contribution in [2.45, 2.75) is 17.8 Å². The number of fused-ring (bicyclic) bond motifs is 1. The molecule has 0 unspecified atom stereocenters. The SMILES string of the molecule is FC(F)(F)c1cc(-c2ccc(-c3nc(SCC4=NN=CC4)n[nH]3)o2)cc2cccnc12. The highest BCUT2D eigenvalue weighted by molar-refractivity contribution is 7.99. The molecule has 0 saturated carbocycles. The van der Waals surface area contributed by atoms with E-state index in [9.17, 15) is 13.2 Å². The first-order chi connectivity index (χ1) is 15.0. The molecule has 4 aromatic rings. The number of thioether (sulfide) groups is 1. The normalized spacial score (nSPS) is 13.8. The zero-order chi connectivity index (χ0) is 21.4. The lowest BCUT2D eigenvalue weighted by Crippen LogP contribution is -2.07. The van der Waals surface area contributed by atoms with Crippen molar-refractivity contribution >= 4 is 34.6 Å². The molecule has 4 heterocycles. The third-order valence-electron chi connectivity index (χ3n) is 4.57. The molecule has 0 atom stereocenters. The molecule has 7 nitrogen and oxygen atoms in total. The fraction of sp³-hybridized carbons (Fsp3) is 0.150. The second kappa shape index (κ2) is 7.65. The van der Waals surface area contributed by atoms with E-state index in [2.05, 4.69) is 30.4 Å². The summed E-state index contributed by atoms with van der Waals surface area (Å²) in [7, 11) is 0. The van der Waals surface area contributed by atoms with Gasteiger partial charge in [-0.25, -0.2) is 0 Å². The monoisotopic (exact) mass is 442 g/mol. The first-order valence-electron chi connectivity index (χ1n) is 9.16. The summed E-state index contributed by atoms with van der Waals surface area (Å²) in [6.07, 6.45) is -0.748. The molecule has 0 fully saturated rings. The van der Waals surface area contributed by atoms with E-state index in [0.717, 1.165) is 11.8 Å². The van der Waals surface area contributed by atoms with Crippen molar-refractivity contribution in [3.8, 4) is 22.9 Å². The van der Waals surface area contributed by atoms with Gasteiger partial charge in [-0.05, 0) is 30.3 Å². The van der Waals surface area contributed by atoms with Gasteiger partial charge in [-0.3, -0.25) is 10.1 Å². The second-order valence-corrected chi connectivity index (χ2v) is 7.63. The number of aromatic amines is 1. The van der Waals surface area contributed by atoms with E-state index in [0.29, 0.717) is 39.9 Å². The van der Waals surface area contributed by atoms with Crippen LogP contribution in [0.4, 0.5) is 13.2 Å². The molecule has 0 saturated heterocycles. The Labute approximate surface area is 177 Å². The lowest BCUT2D eigenvalue weighted by Gasteiger charge is -2.11. The van der Waals surface area contributed by atoms with Crippen molar-refractivity contribution in [3.63, 3.8) is 0 Å². The van der Waals surface area contributed by atoms with E-state index in [-0.39, 0.29) is 11.3 Å². The highest BCUT2D eigenvalue weighted by Gasteiger charge is 2.34. The Morgan fingerprint density at radius 2 is 2.00 bits per heavy atom. The van der Waals surface area contributed by atoms with Gasteiger partial charge in [0, 0.05) is 35.5 Å². The van der Waals surface area contributed by atoms with Crippen LogP contribution in [-0.4, -0.2) is 37.8 Å². The molecule has 1 aliphatic heterocycles. The lowest BCUT2D eigenvalue weighted by molar-refractivity contribution is -0.136. The number of nitrogens with zero attached hydrogens (tertiary/aromatic N) is 5. The van der Waals surface area contributed by atoms with Gasteiger partial charge >= 0.3 is 6.18 Å². The summed E-state index contributed by atoms with van der Waals surface area (Å²) in [5.74, 6) is 1.66. The number of H-pyrrole nitrogens is 1. The van der Waals surface area contributed by atoms with E-state index < -0.39 is 11.7 Å².